The second-order valence-corrected chi connectivity index (χ2v) is 2.54. The van der Waals surface area contributed by atoms with Crippen LogP contribution in [0.4, 0.5) is 0 Å². The van der Waals surface area contributed by atoms with Gasteiger partial charge in [0.1, 0.15) is 5.78 Å². The maximum atomic E-state index is 9.44. The van der Waals surface area contributed by atoms with E-state index >= 15 is 0 Å². The van der Waals surface area contributed by atoms with E-state index in [0.29, 0.717) is 0 Å². The van der Waals surface area contributed by atoms with Gasteiger partial charge in [-0.15, -0.1) is 0 Å². The minimum absolute atomic E-state index is 0.167. The lowest BCUT2D eigenvalue weighted by molar-refractivity contribution is -0.114. The van der Waals surface area contributed by atoms with Gasteiger partial charge in [0.15, 0.2) is 0 Å². The van der Waals surface area contributed by atoms with Gasteiger partial charge in [0.05, 0.1) is 0 Å². The molecule has 1 saturated heterocycles. The fraction of sp³-hybridized carbons (Fsp3) is 0.889. The van der Waals surface area contributed by atoms with Crippen LogP contribution in [0.5, 0.6) is 0 Å². The number of carbonyl (C=O) groups excluding carboxylic acids is 1. The Labute approximate surface area is 74.7 Å². The summed E-state index contributed by atoms with van der Waals surface area (Å²) in [7, 11) is 0. The molecule has 0 amide bonds. The minimum Gasteiger partial charge on any atom is -0.397 e. The van der Waals surface area contributed by atoms with Gasteiger partial charge in [-0.2, -0.15) is 0 Å². The number of aliphatic hydroxyl groups excluding tert-OH is 1. The molecule has 1 fully saturated rings. The second-order valence-electron chi connectivity index (χ2n) is 2.54. The SMILES string of the molecule is C1CCOC1.CC(C)=O.CCO. The van der Waals surface area contributed by atoms with Crippen molar-refractivity contribution < 1.29 is 14.6 Å². The van der Waals surface area contributed by atoms with Gasteiger partial charge >= 0.3 is 0 Å². The van der Waals surface area contributed by atoms with Crippen molar-refractivity contribution in [3.05, 3.63) is 0 Å². The van der Waals surface area contributed by atoms with Crippen molar-refractivity contribution in [2.75, 3.05) is 19.8 Å². The van der Waals surface area contributed by atoms with E-state index < -0.39 is 0 Å². The topological polar surface area (TPSA) is 46.5 Å². The first kappa shape index (κ1) is 14.1. The minimum atomic E-state index is 0.167. The quantitative estimate of drug-likeness (QED) is 0.606. The summed E-state index contributed by atoms with van der Waals surface area (Å²) in [6.45, 7) is 6.99. The van der Waals surface area contributed by atoms with Crippen LogP contribution >= 0.6 is 0 Å². The third-order valence-electron chi connectivity index (χ3n) is 0.827. The average Bonchev–Trinajstić information content (AvgIpc) is 2.40. The zero-order chi connectivity index (χ0) is 9.82. The van der Waals surface area contributed by atoms with E-state index in [4.69, 9.17) is 9.84 Å². The molecule has 12 heavy (non-hydrogen) atoms. The zero-order valence-corrected chi connectivity index (χ0v) is 8.30. The van der Waals surface area contributed by atoms with Crippen molar-refractivity contribution in [2.45, 2.75) is 33.6 Å². The summed E-state index contributed by atoms with van der Waals surface area (Å²) >= 11 is 0. The monoisotopic (exact) mass is 176 g/mol. The standard InChI is InChI=1S/C4H8O.C3H6O.C2H6O/c1-2-4-5-3-1;1-3(2)4;1-2-3/h1-4H2;1-2H3;3H,2H2,1H3. The first-order valence-electron chi connectivity index (χ1n) is 4.30. The summed E-state index contributed by atoms with van der Waals surface area (Å²) in [6, 6.07) is 0. The Balaban J connectivity index is 0. The van der Waals surface area contributed by atoms with E-state index in [9.17, 15) is 4.79 Å². The van der Waals surface area contributed by atoms with Crippen molar-refractivity contribution >= 4 is 5.78 Å². The summed E-state index contributed by atoms with van der Waals surface area (Å²) in [5.41, 5.74) is 0. The molecular weight excluding hydrogens is 156 g/mol. The summed E-state index contributed by atoms with van der Waals surface area (Å²) in [5, 5.41) is 7.57. The largest absolute Gasteiger partial charge is 0.397 e. The van der Waals surface area contributed by atoms with Crippen molar-refractivity contribution in [3.8, 4) is 0 Å². The summed E-state index contributed by atoms with van der Waals surface area (Å²) in [6.07, 6.45) is 2.56. The number of hydrogen-bond donors (Lipinski definition) is 1. The Morgan fingerprint density at radius 1 is 1.33 bits per heavy atom. The van der Waals surface area contributed by atoms with E-state index in [0.717, 1.165) is 13.2 Å². The average molecular weight is 176 g/mol. The number of aliphatic hydroxyl groups is 1. The molecule has 0 saturated carbocycles. The van der Waals surface area contributed by atoms with E-state index in [2.05, 4.69) is 0 Å². The van der Waals surface area contributed by atoms with E-state index in [-0.39, 0.29) is 12.4 Å². The van der Waals surface area contributed by atoms with Crippen molar-refractivity contribution in [2.24, 2.45) is 0 Å². The molecule has 1 aliphatic heterocycles. The smallest absolute Gasteiger partial charge is 0.126 e. The molecule has 0 aromatic carbocycles. The summed E-state index contributed by atoms with van der Waals surface area (Å²) < 4.78 is 4.94. The molecule has 3 heteroatoms. The first-order valence-corrected chi connectivity index (χ1v) is 4.30. The molecular formula is C9H20O3. The number of hydrogen-bond acceptors (Lipinski definition) is 3. The lowest BCUT2D eigenvalue weighted by Crippen LogP contribution is -1.74. The molecule has 0 aromatic rings. The predicted octanol–water partition coefficient (Wildman–Crippen LogP) is 1.39. The molecule has 0 aliphatic carbocycles. The van der Waals surface area contributed by atoms with Crippen LogP contribution < -0.4 is 0 Å². The fourth-order valence-electron chi connectivity index (χ4n) is 0.510. The van der Waals surface area contributed by atoms with Crippen LogP contribution in [0.25, 0.3) is 0 Å². The van der Waals surface area contributed by atoms with Gasteiger partial charge in [0.2, 0.25) is 0 Å². The molecule has 0 spiro atoms. The number of ether oxygens (including phenoxy) is 1. The van der Waals surface area contributed by atoms with Gasteiger partial charge in [-0.25, -0.2) is 0 Å². The van der Waals surface area contributed by atoms with Crippen LogP contribution in [0.3, 0.4) is 0 Å². The first-order chi connectivity index (χ1) is 5.65. The van der Waals surface area contributed by atoms with Gasteiger partial charge in [0, 0.05) is 19.8 Å². The summed E-state index contributed by atoms with van der Waals surface area (Å²) in [4.78, 5) is 9.44. The third kappa shape index (κ3) is 33.6. The van der Waals surface area contributed by atoms with E-state index in [1.165, 1.54) is 26.7 Å². The number of carbonyl (C=O) groups is 1. The van der Waals surface area contributed by atoms with E-state index in [1.54, 1.807) is 6.92 Å². The molecule has 1 heterocycles. The molecule has 0 atom stereocenters. The van der Waals surface area contributed by atoms with Crippen molar-refractivity contribution in [3.63, 3.8) is 0 Å². The molecule has 74 valence electrons. The van der Waals surface area contributed by atoms with Crippen molar-refractivity contribution in [1.82, 2.24) is 0 Å². The number of rotatable bonds is 0. The Bertz CT molecular complexity index is 76.2. The Morgan fingerprint density at radius 3 is 1.67 bits per heavy atom. The van der Waals surface area contributed by atoms with Gasteiger partial charge < -0.3 is 14.6 Å². The van der Waals surface area contributed by atoms with Crippen LogP contribution in [-0.2, 0) is 9.53 Å². The van der Waals surface area contributed by atoms with E-state index in [1.807, 2.05) is 0 Å². The fourth-order valence-corrected chi connectivity index (χ4v) is 0.510. The van der Waals surface area contributed by atoms with Gasteiger partial charge in [-0.3, -0.25) is 0 Å². The highest BCUT2D eigenvalue weighted by atomic mass is 16.5. The third-order valence-corrected chi connectivity index (χ3v) is 0.827. The second kappa shape index (κ2) is 13.2. The van der Waals surface area contributed by atoms with Gasteiger partial charge in [-0.05, 0) is 33.6 Å². The van der Waals surface area contributed by atoms with Crippen molar-refractivity contribution in [1.29, 1.82) is 0 Å². The molecule has 0 unspecified atom stereocenters. The van der Waals surface area contributed by atoms with Crippen LogP contribution in [0.2, 0.25) is 0 Å². The number of ketones is 1. The molecule has 0 radical (unpaired) electrons. The van der Waals surface area contributed by atoms with Crippen LogP contribution in [-0.4, -0.2) is 30.7 Å². The lowest BCUT2D eigenvalue weighted by atomic mass is 10.4. The molecule has 1 N–H and O–H groups in total. The Morgan fingerprint density at radius 2 is 1.58 bits per heavy atom. The maximum absolute atomic E-state index is 9.44. The molecule has 3 nitrogen and oxygen atoms in total. The molecule has 1 rings (SSSR count). The highest BCUT2D eigenvalue weighted by molar-refractivity contribution is 5.72. The Kier molecular flexibility index (Phi) is 15.5. The van der Waals surface area contributed by atoms with Gasteiger partial charge in [-0.1, -0.05) is 0 Å². The number of Topliss-reactive ketones (excluding diaryl/α,β-unsaturated/α-hetero) is 1. The normalized spacial score (nSPS) is 13.7. The highest BCUT2D eigenvalue weighted by Crippen LogP contribution is 1.98. The predicted molar refractivity (Wildman–Crippen MR) is 49.2 cm³/mol. The van der Waals surface area contributed by atoms with Gasteiger partial charge in [0.25, 0.3) is 0 Å². The molecule has 0 aromatic heterocycles. The van der Waals surface area contributed by atoms with Crippen LogP contribution in [0.15, 0.2) is 0 Å². The summed E-state index contributed by atoms with van der Waals surface area (Å²) in [5.74, 6) is 0.167. The maximum Gasteiger partial charge on any atom is 0.126 e. The molecule has 0 bridgehead atoms. The highest BCUT2D eigenvalue weighted by Gasteiger charge is 1.94. The Hall–Kier alpha value is -0.410. The zero-order valence-electron chi connectivity index (χ0n) is 8.30. The van der Waals surface area contributed by atoms with Crippen LogP contribution in [0, 0.1) is 0 Å². The lowest BCUT2D eigenvalue weighted by Gasteiger charge is -1.76. The van der Waals surface area contributed by atoms with Crippen LogP contribution in [0.1, 0.15) is 33.6 Å². The molecule has 1 aliphatic rings.